The van der Waals surface area contributed by atoms with Gasteiger partial charge in [-0.1, -0.05) is 44.0 Å². The molecule has 1 heterocycles. The summed E-state index contributed by atoms with van der Waals surface area (Å²) < 4.78 is 15.2. The molecule has 0 spiro atoms. The lowest BCUT2D eigenvalue weighted by Gasteiger charge is -2.09. The van der Waals surface area contributed by atoms with Gasteiger partial charge in [0.05, 0.1) is 14.3 Å². The SMILES string of the molecule is O=C(N/N=C\c1ccc(OCc2ccc(Br)cc2)c(I)c1)c1cc2cc(Br)cc(Br)c2o1. The van der Waals surface area contributed by atoms with E-state index >= 15 is 0 Å². The van der Waals surface area contributed by atoms with Crippen LogP contribution >= 0.6 is 70.4 Å². The van der Waals surface area contributed by atoms with E-state index in [0.29, 0.717) is 12.2 Å². The average molecular weight is 733 g/mol. The Balaban J connectivity index is 1.38. The molecule has 9 heteroatoms. The van der Waals surface area contributed by atoms with Crippen LogP contribution in [0.25, 0.3) is 11.0 Å². The van der Waals surface area contributed by atoms with Crippen LogP contribution in [-0.4, -0.2) is 12.1 Å². The molecule has 1 amide bonds. The molecule has 32 heavy (non-hydrogen) atoms. The number of rotatable bonds is 6. The molecular weight excluding hydrogens is 719 g/mol. The van der Waals surface area contributed by atoms with E-state index in [-0.39, 0.29) is 5.76 Å². The molecule has 0 atom stereocenters. The summed E-state index contributed by atoms with van der Waals surface area (Å²) in [6, 6.07) is 19.1. The third-order valence-corrected chi connectivity index (χ3v) is 6.82. The molecule has 0 aliphatic rings. The average Bonchev–Trinajstić information content (AvgIpc) is 3.19. The fourth-order valence-electron chi connectivity index (χ4n) is 2.86. The number of amides is 1. The van der Waals surface area contributed by atoms with Gasteiger partial charge in [0.15, 0.2) is 5.76 Å². The predicted molar refractivity (Wildman–Crippen MR) is 144 cm³/mol. The Kier molecular flexibility index (Phi) is 7.70. The van der Waals surface area contributed by atoms with Crippen molar-refractivity contribution in [1.82, 2.24) is 5.43 Å². The first-order valence-corrected chi connectivity index (χ1v) is 12.7. The van der Waals surface area contributed by atoms with Crippen molar-refractivity contribution in [2.24, 2.45) is 5.10 Å². The molecule has 1 aromatic heterocycles. The van der Waals surface area contributed by atoms with Gasteiger partial charge in [0, 0.05) is 14.3 Å². The highest BCUT2D eigenvalue weighted by molar-refractivity contribution is 14.1. The van der Waals surface area contributed by atoms with Crippen LogP contribution in [0.3, 0.4) is 0 Å². The highest BCUT2D eigenvalue weighted by Gasteiger charge is 2.14. The molecule has 1 N–H and O–H groups in total. The maximum Gasteiger partial charge on any atom is 0.307 e. The lowest BCUT2D eigenvalue weighted by Crippen LogP contribution is -2.16. The van der Waals surface area contributed by atoms with E-state index in [1.807, 2.05) is 54.6 Å². The number of nitrogens with one attached hydrogen (secondary N) is 1. The van der Waals surface area contributed by atoms with Crippen molar-refractivity contribution in [1.29, 1.82) is 0 Å². The molecule has 0 fully saturated rings. The van der Waals surface area contributed by atoms with Crippen LogP contribution in [0.15, 0.2) is 83.6 Å². The van der Waals surface area contributed by atoms with E-state index < -0.39 is 5.91 Å². The largest absolute Gasteiger partial charge is 0.488 e. The van der Waals surface area contributed by atoms with Gasteiger partial charge in [-0.25, -0.2) is 5.43 Å². The minimum Gasteiger partial charge on any atom is -0.488 e. The second kappa shape index (κ2) is 10.5. The number of halogens is 4. The number of hydrazone groups is 1. The smallest absolute Gasteiger partial charge is 0.307 e. The standard InChI is InChI=1S/C23H14Br3IN2O3/c24-16-4-1-13(2-5-16)12-31-20-6-3-14(7-19(20)27)11-28-29-23(30)21-9-15-8-17(25)10-18(26)22(15)32-21/h1-11H,12H2,(H,29,30)/b28-11-. The Hall–Kier alpha value is -1.69. The Morgan fingerprint density at radius 3 is 2.56 bits per heavy atom. The number of nitrogens with zero attached hydrogens (tertiary/aromatic N) is 1. The van der Waals surface area contributed by atoms with Crippen molar-refractivity contribution in [3.8, 4) is 5.75 Å². The van der Waals surface area contributed by atoms with E-state index in [1.165, 1.54) is 0 Å². The second-order valence-electron chi connectivity index (χ2n) is 6.72. The third-order valence-electron chi connectivity index (χ3n) is 4.40. The molecule has 0 bridgehead atoms. The summed E-state index contributed by atoms with van der Waals surface area (Å²) in [5.74, 6) is 0.542. The van der Waals surface area contributed by atoms with Gasteiger partial charge in [-0.15, -0.1) is 0 Å². The van der Waals surface area contributed by atoms with Gasteiger partial charge in [0.1, 0.15) is 17.9 Å². The molecule has 3 aromatic carbocycles. The number of fused-ring (bicyclic) bond motifs is 1. The van der Waals surface area contributed by atoms with Gasteiger partial charge >= 0.3 is 5.91 Å². The molecule has 4 aromatic rings. The van der Waals surface area contributed by atoms with Crippen molar-refractivity contribution in [3.63, 3.8) is 0 Å². The number of furan rings is 1. The number of carbonyl (C=O) groups excluding carboxylic acids is 1. The lowest BCUT2D eigenvalue weighted by atomic mass is 10.2. The van der Waals surface area contributed by atoms with E-state index in [0.717, 1.165) is 39.3 Å². The lowest BCUT2D eigenvalue weighted by molar-refractivity contribution is 0.0929. The number of hydrogen-bond acceptors (Lipinski definition) is 4. The predicted octanol–water partition coefficient (Wildman–Crippen LogP) is 7.67. The summed E-state index contributed by atoms with van der Waals surface area (Å²) in [4.78, 5) is 12.4. The van der Waals surface area contributed by atoms with Crippen LogP contribution in [0.2, 0.25) is 0 Å². The summed E-state index contributed by atoms with van der Waals surface area (Å²) >= 11 is 12.5. The van der Waals surface area contributed by atoms with Gasteiger partial charge in [-0.2, -0.15) is 5.10 Å². The monoisotopic (exact) mass is 730 g/mol. The molecule has 0 aliphatic heterocycles. The second-order valence-corrected chi connectivity index (χ2v) is 10.6. The molecule has 162 valence electrons. The van der Waals surface area contributed by atoms with E-state index in [1.54, 1.807) is 12.3 Å². The number of benzene rings is 3. The minimum absolute atomic E-state index is 0.183. The van der Waals surface area contributed by atoms with Crippen LogP contribution in [0.5, 0.6) is 5.75 Å². The van der Waals surface area contributed by atoms with Crippen molar-refractivity contribution in [2.75, 3.05) is 0 Å². The van der Waals surface area contributed by atoms with Crippen LogP contribution in [-0.2, 0) is 6.61 Å². The maximum absolute atomic E-state index is 12.4. The van der Waals surface area contributed by atoms with Gasteiger partial charge in [-0.3, -0.25) is 4.79 Å². The minimum atomic E-state index is -0.426. The maximum atomic E-state index is 12.4. The van der Waals surface area contributed by atoms with Crippen molar-refractivity contribution < 1.29 is 13.9 Å². The zero-order valence-corrected chi connectivity index (χ0v) is 23.2. The summed E-state index contributed by atoms with van der Waals surface area (Å²) in [6.45, 7) is 0.483. The van der Waals surface area contributed by atoms with Crippen molar-refractivity contribution in [2.45, 2.75) is 6.61 Å². The third kappa shape index (κ3) is 5.81. The number of ether oxygens (including phenoxy) is 1. The molecule has 4 rings (SSSR count). The van der Waals surface area contributed by atoms with E-state index in [2.05, 4.69) is 80.9 Å². The number of carbonyl (C=O) groups is 1. The van der Waals surface area contributed by atoms with Crippen LogP contribution in [0.1, 0.15) is 21.7 Å². The first kappa shape index (κ1) is 23.5. The van der Waals surface area contributed by atoms with E-state index in [9.17, 15) is 4.79 Å². The van der Waals surface area contributed by atoms with Gasteiger partial charge in [0.25, 0.3) is 0 Å². The molecule has 5 nitrogen and oxygen atoms in total. The summed E-state index contributed by atoms with van der Waals surface area (Å²) in [5.41, 5.74) is 5.03. The fourth-order valence-corrected chi connectivity index (χ4v) is 5.16. The summed E-state index contributed by atoms with van der Waals surface area (Å²) in [5, 5.41) is 4.86. The normalized spacial score (nSPS) is 11.2. The van der Waals surface area contributed by atoms with Crippen molar-refractivity contribution >= 4 is 93.5 Å². The van der Waals surface area contributed by atoms with E-state index in [4.69, 9.17) is 9.15 Å². The molecule has 0 unspecified atom stereocenters. The Labute approximate surface area is 223 Å². The molecule has 0 radical (unpaired) electrons. The zero-order chi connectivity index (χ0) is 22.7. The highest BCUT2D eigenvalue weighted by Crippen LogP contribution is 2.31. The first-order chi connectivity index (χ1) is 15.4. The molecule has 0 saturated carbocycles. The Morgan fingerprint density at radius 1 is 1.03 bits per heavy atom. The van der Waals surface area contributed by atoms with Crippen molar-refractivity contribution in [3.05, 3.63) is 94.5 Å². The number of hydrogen-bond donors (Lipinski definition) is 1. The summed E-state index contributed by atoms with van der Waals surface area (Å²) in [6.07, 6.45) is 1.58. The fraction of sp³-hybridized carbons (Fsp3) is 0.0435. The molecule has 0 saturated heterocycles. The summed E-state index contributed by atoms with van der Waals surface area (Å²) in [7, 11) is 0. The van der Waals surface area contributed by atoms with Gasteiger partial charge in [-0.05, 0) is 98.2 Å². The van der Waals surface area contributed by atoms with Crippen LogP contribution in [0.4, 0.5) is 0 Å². The zero-order valence-electron chi connectivity index (χ0n) is 16.2. The molecular formula is C23H14Br3IN2O3. The topological polar surface area (TPSA) is 63.8 Å². The van der Waals surface area contributed by atoms with Crippen LogP contribution in [0, 0.1) is 3.57 Å². The Morgan fingerprint density at radius 2 is 1.81 bits per heavy atom. The Bertz CT molecular complexity index is 1320. The quantitative estimate of drug-likeness (QED) is 0.126. The molecule has 0 aliphatic carbocycles. The first-order valence-electron chi connectivity index (χ1n) is 9.28. The van der Waals surface area contributed by atoms with Gasteiger partial charge < -0.3 is 9.15 Å². The highest BCUT2D eigenvalue weighted by atomic mass is 127. The van der Waals surface area contributed by atoms with Crippen LogP contribution < -0.4 is 10.2 Å². The van der Waals surface area contributed by atoms with Gasteiger partial charge in [0.2, 0.25) is 0 Å².